The molecule has 0 aliphatic carbocycles. The van der Waals surface area contributed by atoms with Crippen molar-refractivity contribution in [1.82, 2.24) is 9.38 Å². The topological polar surface area (TPSA) is 43.3 Å². The van der Waals surface area contributed by atoms with Crippen LogP contribution in [-0.2, 0) is 6.54 Å². The van der Waals surface area contributed by atoms with E-state index in [1.165, 1.54) is 0 Å². The Labute approximate surface area is 110 Å². The lowest BCUT2D eigenvalue weighted by atomic mass is 10.2. The molecule has 2 aromatic heterocycles. The number of fused-ring (bicyclic) bond motifs is 1. The first kappa shape index (κ1) is 11.3. The first-order chi connectivity index (χ1) is 8.79. The molecule has 3 rings (SSSR count). The maximum absolute atomic E-state index is 6.01. The van der Waals surface area contributed by atoms with E-state index < -0.39 is 0 Å². The predicted molar refractivity (Wildman–Crippen MR) is 73.5 cm³/mol. The van der Waals surface area contributed by atoms with Crippen LogP contribution in [0, 0.1) is 0 Å². The monoisotopic (exact) mass is 257 g/mol. The van der Waals surface area contributed by atoms with Crippen molar-refractivity contribution >= 4 is 17.1 Å². The van der Waals surface area contributed by atoms with Crippen LogP contribution in [0.5, 0.6) is 0 Å². The predicted octanol–water partition coefficient (Wildman–Crippen LogP) is 3.11. The van der Waals surface area contributed by atoms with Crippen LogP contribution in [0.15, 0.2) is 48.8 Å². The average molecular weight is 258 g/mol. The molecular weight excluding hydrogens is 246 g/mol. The molecule has 4 heteroatoms. The van der Waals surface area contributed by atoms with Crippen molar-refractivity contribution in [2.75, 3.05) is 0 Å². The highest BCUT2D eigenvalue weighted by molar-refractivity contribution is 6.30. The molecule has 0 saturated carbocycles. The van der Waals surface area contributed by atoms with Gasteiger partial charge in [0.05, 0.1) is 11.7 Å². The Morgan fingerprint density at radius 3 is 2.89 bits per heavy atom. The van der Waals surface area contributed by atoms with Gasteiger partial charge in [0.15, 0.2) is 0 Å². The van der Waals surface area contributed by atoms with Gasteiger partial charge < -0.3 is 5.73 Å². The molecule has 0 aliphatic heterocycles. The van der Waals surface area contributed by atoms with Gasteiger partial charge in [0, 0.05) is 23.3 Å². The summed E-state index contributed by atoms with van der Waals surface area (Å²) in [4.78, 5) is 4.46. The fourth-order valence-corrected chi connectivity index (χ4v) is 2.28. The van der Waals surface area contributed by atoms with Crippen molar-refractivity contribution in [3.63, 3.8) is 0 Å². The smallest absolute Gasteiger partial charge is 0.144 e. The van der Waals surface area contributed by atoms with Crippen LogP contribution in [0.1, 0.15) is 5.56 Å². The fourth-order valence-electron chi connectivity index (χ4n) is 2.09. The van der Waals surface area contributed by atoms with Crippen LogP contribution in [-0.4, -0.2) is 9.38 Å². The van der Waals surface area contributed by atoms with Crippen molar-refractivity contribution in [3.8, 4) is 11.4 Å². The second kappa shape index (κ2) is 4.44. The van der Waals surface area contributed by atoms with Crippen molar-refractivity contribution in [2.45, 2.75) is 6.54 Å². The van der Waals surface area contributed by atoms with Gasteiger partial charge in [-0.1, -0.05) is 29.8 Å². The van der Waals surface area contributed by atoms with Crippen molar-refractivity contribution in [2.24, 2.45) is 5.73 Å². The first-order valence-corrected chi connectivity index (χ1v) is 6.08. The highest BCUT2D eigenvalue weighted by Crippen LogP contribution is 2.23. The molecule has 3 aromatic rings. The van der Waals surface area contributed by atoms with E-state index in [0.29, 0.717) is 11.6 Å². The Kier molecular flexibility index (Phi) is 2.78. The van der Waals surface area contributed by atoms with E-state index >= 15 is 0 Å². The summed E-state index contributed by atoms with van der Waals surface area (Å²) in [6.07, 6.45) is 3.83. The van der Waals surface area contributed by atoms with Crippen LogP contribution in [0.25, 0.3) is 16.9 Å². The van der Waals surface area contributed by atoms with E-state index in [1.807, 2.05) is 53.2 Å². The van der Waals surface area contributed by atoms with E-state index in [0.717, 1.165) is 22.5 Å². The van der Waals surface area contributed by atoms with E-state index in [2.05, 4.69) is 4.98 Å². The molecule has 0 aliphatic rings. The lowest BCUT2D eigenvalue weighted by Gasteiger charge is -2.04. The molecule has 90 valence electrons. The van der Waals surface area contributed by atoms with E-state index in [9.17, 15) is 0 Å². The Bertz CT molecular complexity index is 703. The molecule has 2 heterocycles. The Balaban J connectivity index is 2.25. The highest BCUT2D eigenvalue weighted by atomic mass is 35.5. The summed E-state index contributed by atoms with van der Waals surface area (Å²) in [7, 11) is 0. The fraction of sp³-hybridized carbons (Fsp3) is 0.0714. The van der Waals surface area contributed by atoms with Gasteiger partial charge in [-0.3, -0.25) is 4.40 Å². The second-order valence-electron chi connectivity index (χ2n) is 4.08. The Hall–Kier alpha value is -1.84. The van der Waals surface area contributed by atoms with Crippen LogP contribution in [0.4, 0.5) is 0 Å². The lowest BCUT2D eigenvalue weighted by Crippen LogP contribution is -1.99. The minimum Gasteiger partial charge on any atom is -0.326 e. The number of imidazole rings is 1. The quantitative estimate of drug-likeness (QED) is 0.767. The number of aromatic nitrogens is 2. The molecule has 1 aromatic carbocycles. The highest BCUT2D eigenvalue weighted by Gasteiger charge is 2.08. The zero-order chi connectivity index (χ0) is 12.5. The summed E-state index contributed by atoms with van der Waals surface area (Å²) in [5.74, 6) is 0.878. The van der Waals surface area contributed by atoms with Crippen LogP contribution in [0.3, 0.4) is 0 Å². The lowest BCUT2D eigenvalue weighted by molar-refractivity contribution is 1.05. The van der Waals surface area contributed by atoms with Gasteiger partial charge in [0.25, 0.3) is 0 Å². The maximum Gasteiger partial charge on any atom is 0.144 e. The van der Waals surface area contributed by atoms with Gasteiger partial charge in [-0.25, -0.2) is 4.98 Å². The van der Waals surface area contributed by atoms with Crippen molar-refractivity contribution < 1.29 is 0 Å². The summed E-state index contributed by atoms with van der Waals surface area (Å²) in [6.45, 7) is 0.505. The summed E-state index contributed by atoms with van der Waals surface area (Å²) in [6, 6.07) is 11.7. The van der Waals surface area contributed by atoms with Gasteiger partial charge in [-0.2, -0.15) is 0 Å². The average Bonchev–Trinajstić information content (AvgIpc) is 2.82. The van der Waals surface area contributed by atoms with Gasteiger partial charge >= 0.3 is 0 Å². The summed E-state index contributed by atoms with van der Waals surface area (Å²) in [5.41, 5.74) is 8.84. The third-order valence-corrected chi connectivity index (χ3v) is 3.20. The molecule has 18 heavy (non-hydrogen) atoms. The van der Waals surface area contributed by atoms with Gasteiger partial charge in [-0.05, 0) is 23.8 Å². The molecule has 0 amide bonds. The molecule has 0 bridgehead atoms. The number of nitrogens with two attached hydrogens (primary N) is 1. The molecule has 0 atom stereocenters. The normalized spacial score (nSPS) is 11.0. The molecule has 2 N–H and O–H groups in total. The number of nitrogens with zero attached hydrogens (tertiary/aromatic N) is 2. The Morgan fingerprint density at radius 1 is 1.22 bits per heavy atom. The number of hydrogen-bond acceptors (Lipinski definition) is 2. The minimum atomic E-state index is 0.505. The Morgan fingerprint density at radius 2 is 2.11 bits per heavy atom. The maximum atomic E-state index is 6.01. The van der Waals surface area contributed by atoms with Crippen LogP contribution in [0.2, 0.25) is 5.02 Å². The standard InChI is InChI=1S/C14H12ClN3/c15-12-5-1-3-10(7-12)14-17-9-13-11(8-16)4-2-6-18(13)14/h1-7,9H,8,16H2. The van der Waals surface area contributed by atoms with Gasteiger partial charge in [-0.15, -0.1) is 0 Å². The first-order valence-electron chi connectivity index (χ1n) is 5.70. The third kappa shape index (κ3) is 1.78. The minimum absolute atomic E-state index is 0.505. The summed E-state index contributed by atoms with van der Waals surface area (Å²) < 4.78 is 2.04. The van der Waals surface area contributed by atoms with E-state index in [-0.39, 0.29) is 0 Å². The molecular formula is C14H12ClN3. The molecule has 0 fully saturated rings. The van der Waals surface area contributed by atoms with E-state index in [4.69, 9.17) is 17.3 Å². The number of benzene rings is 1. The summed E-state index contributed by atoms with van der Waals surface area (Å²) in [5, 5.41) is 0.708. The SMILES string of the molecule is NCc1cccn2c(-c3cccc(Cl)c3)ncc12. The zero-order valence-corrected chi connectivity index (χ0v) is 10.4. The second-order valence-corrected chi connectivity index (χ2v) is 4.52. The van der Waals surface area contributed by atoms with Gasteiger partial charge in [0.1, 0.15) is 5.82 Å². The largest absolute Gasteiger partial charge is 0.326 e. The molecule has 0 saturated heterocycles. The van der Waals surface area contributed by atoms with Crippen molar-refractivity contribution in [3.05, 3.63) is 59.4 Å². The molecule has 0 radical (unpaired) electrons. The van der Waals surface area contributed by atoms with Gasteiger partial charge in [0.2, 0.25) is 0 Å². The molecule has 3 nitrogen and oxygen atoms in total. The number of rotatable bonds is 2. The third-order valence-electron chi connectivity index (χ3n) is 2.96. The molecule has 0 spiro atoms. The number of halogens is 1. The van der Waals surface area contributed by atoms with Crippen LogP contribution >= 0.6 is 11.6 Å². The number of hydrogen-bond donors (Lipinski definition) is 1. The molecule has 0 unspecified atom stereocenters. The van der Waals surface area contributed by atoms with Crippen LogP contribution < -0.4 is 5.73 Å². The van der Waals surface area contributed by atoms with Crippen molar-refractivity contribution in [1.29, 1.82) is 0 Å². The number of pyridine rings is 1. The summed E-state index contributed by atoms with van der Waals surface area (Å²) >= 11 is 6.01. The van der Waals surface area contributed by atoms with E-state index in [1.54, 1.807) is 0 Å². The zero-order valence-electron chi connectivity index (χ0n) is 9.68.